The zero-order valence-corrected chi connectivity index (χ0v) is 13.0. The van der Waals surface area contributed by atoms with Crippen LogP contribution in [0.15, 0.2) is 34.2 Å². The number of carbonyl (C=O) groups excluding carboxylic acids is 1. The molecule has 2 N–H and O–H groups in total. The molecule has 0 spiro atoms. The van der Waals surface area contributed by atoms with Gasteiger partial charge in [-0.25, -0.2) is 4.98 Å². The molecule has 1 amide bonds. The van der Waals surface area contributed by atoms with E-state index >= 15 is 0 Å². The van der Waals surface area contributed by atoms with Crippen molar-refractivity contribution in [1.29, 1.82) is 0 Å². The zero-order valence-electron chi connectivity index (χ0n) is 10.6. The molecule has 0 saturated carbocycles. The molecule has 0 aliphatic heterocycles. The van der Waals surface area contributed by atoms with Crippen molar-refractivity contribution >= 4 is 44.0 Å². The van der Waals surface area contributed by atoms with Gasteiger partial charge in [0.2, 0.25) is 5.91 Å². The molecule has 1 heterocycles. The molecule has 0 radical (unpaired) electrons. The first-order valence-electron chi connectivity index (χ1n) is 5.79. The summed E-state index contributed by atoms with van der Waals surface area (Å²) in [4.78, 5) is 15.3. The van der Waals surface area contributed by atoms with Crippen molar-refractivity contribution < 1.29 is 4.79 Å². The largest absolute Gasteiger partial charge is 0.355 e. The van der Waals surface area contributed by atoms with E-state index in [0.29, 0.717) is 0 Å². The van der Waals surface area contributed by atoms with Gasteiger partial charge in [0.25, 0.3) is 0 Å². The third-order valence-electron chi connectivity index (χ3n) is 2.52. The highest BCUT2D eigenvalue weighted by atomic mass is 79.9. The summed E-state index contributed by atoms with van der Waals surface area (Å²) in [5, 5.41) is 8.90. The van der Waals surface area contributed by atoms with E-state index < -0.39 is 0 Å². The molecule has 6 heteroatoms. The predicted octanol–water partition coefficient (Wildman–Crippen LogP) is 4.04. The molecule has 2 aromatic rings. The summed E-state index contributed by atoms with van der Waals surface area (Å²) in [5.74, 6) is -0.0679. The van der Waals surface area contributed by atoms with Gasteiger partial charge in [-0.1, -0.05) is 12.1 Å². The fourth-order valence-electron chi connectivity index (χ4n) is 1.68. The molecule has 0 bridgehead atoms. The number of aromatic nitrogens is 1. The van der Waals surface area contributed by atoms with Gasteiger partial charge in [-0.3, -0.25) is 4.79 Å². The molecule has 2 rings (SSSR count). The first-order chi connectivity index (χ1) is 9.04. The van der Waals surface area contributed by atoms with Crippen molar-refractivity contribution in [2.45, 2.75) is 19.9 Å². The second kappa shape index (κ2) is 6.16. The van der Waals surface area contributed by atoms with Crippen LogP contribution in [0, 0.1) is 0 Å². The zero-order chi connectivity index (χ0) is 13.8. The molecule has 1 aromatic heterocycles. The Bertz CT molecular complexity index is 585. The summed E-state index contributed by atoms with van der Waals surface area (Å²) in [6, 6.07) is 7.90. The molecule has 100 valence electrons. The number of rotatable bonds is 4. The van der Waals surface area contributed by atoms with Crippen molar-refractivity contribution in [3.8, 4) is 0 Å². The maximum Gasteiger partial charge on any atom is 0.221 e. The molecule has 4 nitrogen and oxygen atoms in total. The minimum Gasteiger partial charge on any atom is -0.355 e. The van der Waals surface area contributed by atoms with Gasteiger partial charge in [-0.05, 0) is 40.5 Å². The summed E-state index contributed by atoms with van der Waals surface area (Å²) in [6.45, 7) is 3.56. The Balaban J connectivity index is 2.10. The van der Waals surface area contributed by atoms with Crippen LogP contribution in [-0.4, -0.2) is 10.9 Å². The second-order valence-electron chi connectivity index (χ2n) is 4.15. The van der Waals surface area contributed by atoms with Crippen LogP contribution < -0.4 is 10.6 Å². The highest BCUT2D eigenvalue weighted by Gasteiger charge is 2.08. The van der Waals surface area contributed by atoms with Gasteiger partial charge in [-0.15, -0.1) is 11.3 Å². The average Bonchev–Trinajstić information content (AvgIpc) is 2.74. The summed E-state index contributed by atoms with van der Waals surface area (Å²) < 4.78 is 0.833. The summed E-state index contributed by atoms with van der Waals surface area (Å²) >= 11 is 4.88. The van der Waals surface area contributed by atoms with Gasteiger partial charge in [0.05, 0.1) is 6.04 Å². The number of hydrogen-bond acceptors (Lipinski definition) is 4. The molecule has 19 heavy (non-hydrogen) atoms. The van der Waals surface area contributed by atoms with Gasteiger partial charge in [0.1, 0.15) is 4.60 Å². The lowest BCUT2D eigenvalue weighted by molar-refractivity contribution is -0.114. The van der Waals surface area contributed by atoms with Gasteiger partial charge in [-0.2, -0.15) is 0 Å². The van der Waals surface area contributed by atoms with Crippen molar-refractivity contribution in [2.24, 2.45) is 0 Å². The Morgan fingerprint density at radius 3 is 2.89 bits per heavy atom. The Morgan fingerprint density at radius 1 is 1.47 bits per heavy atom. The van der Waals surface area contributed by atoms with Crippen molar-refractivity contribution in [3.05, 3.63) is 39.8 Å². The van der Waals surface area contributed by atoms with E-state index in [-0.39, 0.29) is 11.9 Å². The normalized spacial score (nSPS) is 11.9. The summed E-state index contributed by atoms with van der Waals surface area (Å²) in [5.41, 5.74) is 1.90. The molecule has 0 aliphatic rings. The summed E-state index contributed by atoms with van der Waals surface area (Å²) in [7, 11) is 0. The van der Waals surface area contributed by atoms with E-state index in [2.05, 4.69) is 38.5 Å². The lowest BCUT2D eigenvalue weighted by Gasteiger charge is -2.14. The first-order valence-corrected chi connectivity index (χ1v) is 7.47. The fourth-order valence-corrected chi connectivity index (χ4v) is 2.91. The lowest BCUT2D eigenvalue weighted by Crippen LogP contribution is -2.09. The predicted molar refractivity (Wildman–Crippen MR) is 82.6 cm³/mol. The van der Waals surface area contributed by atoms with Gasteiger partial charge in [0.15, 0.2) is 5.13 Å². The van der Waals surface area contributed by atoms with E-state index in [9.17, 15) is 4.79 Å². The minimum absolute atomic E-state index is 0.0679. The number of anilines is 2. The average molecular weight is 340 g/mol. The quantitative estimate of drug-likeness (QED) is 0.883. The Hall–Kier alpha value is -1.40. The molecule has 1 unspecified atom stereocenters. The maximum absolute atomic E-state index is 11.0. The van der Waals surface area contributed by atoms with E-state index in [0.717, 1.165) is 21.0 Å². The van der Waals surface area contributed by atoms with Crippen LogP contribution in [-0.2, 0) is 4.79 Å². The lowest BCUT2D eigenvalue weighted by atomic mass is 10.1. The standard InChI is InChI=1S/C13H14BrN3OS/c1-8(15-13-17-12(14)7-19-13)10-4-3-5-11(6-10)16-9(2)18/h3-8H,1-2H3,(H,15,17)(H,16,18). The smallest absolute Gasteiger partial charge is 0.221 e. The molecule has 0 fully saturated rings. The van der Waals surface area contributed by atoms with E-state index in [1.54, 1.807) is 11.3 Å². The molecule has 1 atom stereocenters. The topological polar surface area (TPSA) is 54.0 Å². The molecular weight excluding hydrogens is 326 g/mol. The number of hydrogen-bond donors (Lipinski definition) is 2. The SMILES string of the molecule is CC(=O)Nc1cccc(C(C)Nc2nc(Br)cs2)c1. The Labute approximate surface area is 124 Å². The van der Waals surface area contributed by atoms with Crippen LogP contribution in [0.3, 0.4) is 0 Å². The van der Waals surface area contributed by atoms with Crippen LogP contribution in [0.25, 0.3) is 0 Å². The van der Waals surface area contributed by atoms with Crippen molar-refractivity contribution in [1.82, 2.24) is 4.98 Å². The van der Waals surface area contributed by atoms with Gasteiger partial charge >= 0.3 is 0 Å². The number of nitrogens with zero attached hydrogens (tertiary/aromatic N) is 1. The van der Waals surface area contributed by atoms with E-state index in [4.69, 9.17) is 0 Å². The number of thiazole rings is 1. The van der Waals surface area contributed by atoms with Crippen LogP contribution in [0.4, 0.5) is 10.8 Å². The number of amides is 1. The van der Waals surface area contributed by atoms with Gasteiger partial charge in [0, 0.05) is 18.0 Å². The third kappa shape index (κ3) is 4.04. The van der Waals surface area contributed by atoms with E-state index in [1.165, 1.54) is 6.92 Å². The highest BCUT2D eigenvalue weighted by molar-refractivity contribution is 9.10. The third-order valence-corrected chi connectivity index (χ3v) is 4.01. The van der Waals surface area contributed by atoms with Crippen LogP contribution in [0.1, 0.15) is 25.5 Å². The van der Waals surface area contributed by atoms with Gasteiger partial charge < -0.3 is 10.6 Å². The Kier molecular flexibility index (Phi) is 4.55. The Morgan fingerprint density at radius 2 is 2.26 bits per heavy atom. The molecule has 1 aromatic carbocycles. The summed E-state index contributed by atoms with van der Waals surface area (Å²) in [6.07, 6.45) is 0. The number of benzene rings is 1. The highest BCUT2D eigenvalue weighted by Crippen LogP contribution is 2.25. The van der Waals surface area contributed by atoms with Crippen molar-refractivity contribution in [3.63, 3.8) is 0 Å². The van der Waals surface area contributed by atoms with Crippen LogP contribution >= 0.6 is 27.3 Å². The molecule has 0 aliphatic carbocycles. The van der Waals surface area contributed by atoms with Crippen LogP contribution in [0.2, 0.25) is 0 Å². The second-order valence-corrected chi connectivity index (χ2v) is 5.82. The fraction of sp³-hybridized carbons (Fsp3) is 0.231. The van der Waals surface area contributed by atoms with Crippen molar-refractivity contribution in [2.75, 3.05) is 10.6 Å². The number of halogens is 1. The number of carbonyl (C=O) groups is 1. The monoisotopic (exact) mass is 339 g/mol. The van der Waals surface area contributed by atoms with Crippen LogP contribution in [0.5, 0.6) is 0 Å². The molecule has 0 saturated heterocycles. The number of nitrogens with one attached hydrogen (secondary N) is 2. The van der Waals surface area contributed by atoms with E-state index in [1.807, 2.05) is 29.6 Å². The minimum atomic E-state index is -0.0679. The maximum atomic E-state index is 11.0. The molecular formula is C13H14BrN3OS. The first kappa shape index (κ1) is 14.0.